The van der Waals surface area contributed by atoms with Crippen molar-refractivity contribution in [2.45, 2.75) is 44.6 Å². The van der Waals surface area contributed by atoms with Crippen LogP contribution in [-0.4, -0.2) is 20.4 Å². The molecule has 0 bridgehead atoms. The number of hydrogen-bond donors (Lipinski definition) is 2. The predicted octanol–water partition coefficient (Wildman–Crippen LogP) is 3.75. The lowest BCUT2D eigenvalue weighted by atomic mass is 10.0. The van der Waals surface area contributed by atoms with Crippen LogP contribution in [0.1, 0.15) is 49.5 Å². The monoisotopic (exact) mass is 360 g/mol. The second kappa shape index (κ2) is 7.70. The fraction of sp³-hybridized carbons (Fsp3) is 0.316. The van der Waals surface area contributed by atoms with Crippen molar-refractivity contribution in [3.63, 3.8) is 0 Å². The molecule has 2 aromatic rings. The molecule has 25 heavy (non-hydrogen) atoms. The van der Waals surface area contributed by atoms with Crippen molar-refractivity contribution >= 4 is 21.6 Å². The van der Waals surface area contributed by atoms with Crippen LogP contribution in [0.25, 0.3) is 0 Å². The van der Waals surface area contributed by atoms with Crippen molar-refractivity contribution in [3.8, 4) is 0 Å². The van der Waals surface area contributed by atoms with Gasteiger partial charge in [0.15, 0.2) is 0 Å². The van der Waals surface area contributed by atoms with E-state index in [1.807, 2.05) is 26.0 Å². The van der Waals surface area contributed by atoms with Gasteiger partial charge in [-0.1, -0.05) is 32.0 Å². The van der Waals surface area contributed by atoms with Gasteiger partial charge >= 0.3 is 0 Å². The van der Waals surface area contributed by atoms with Crippen LogP contribution in [0, 0.1) is 0 Å². The SMILES string of the molecule is CC(C)NC(=O)c1cccc(S(=O)(=O)Nc2ccc(C(C)C)cc2)c1. The molecule has 2 N–H and O–H groups in total. The maximum absolute atomic E-state index is 12.6. The molecule has 0 saturated heterocycles. The highest BCUT2D eigenvalue weighted by atomic mass is 32.2. The van der Waals surface area contributed by atoms with Crippen LogP contribution in [0.4, 0.5) is 5.69 Å². The molecule has 0 heterocycles. The minimum Gasteiger partial charge on any atom is -0.350 e. The number of nitrogens with one attached hydrogen (secondary N) is 2. The van der Waals surface area contributed by atoms with E-state index >= 15 is 0 Å². The van der Waals surface area contributed by atoms with Crippen LogP contribution in [0.15, 0.2) is 53.4 Å². The second-order valence-electron chi connectivity index (χ2n) is 6.54. The van der Waals surface area contributed by atoms with Gasteiger partial charge in [0.05, 0.1) is 4.90 Å². The molecule has 0 radical (unpaired) electrons. The van der Waals surface area contributed by atoms with E-state index in [2.05, 4.69) is 23.9 Å². The van der Waals surface area contributed by atoms with Crippen molar-refractivity contribution in [2.75, 3.05) is 4.72 Å². The van der Waals surface area contributed by atoms with E-state index in [1.54, 1.807) is 24.3 Å². The number of benzene rings is 2. The van der Waals surface area contributed by atoms with Gasteiger partial charge in [-0.05, 0) is 55.7 Å². The van der Waals surface area contributed by atoms with Crippen molar-refractivity contribution in [3.05, 3.63) is 59.7 Å². The molecule has 0 fully saturated rings. The molecule has 0 aliphatic rings. The Morgan fingerprint density at radius 1 is 0.960 bits per heavy atom. The topological polar surface area (TPSA) is 75.3 Å². The lowest BCUT2D eigenvalue weighted by Gasteiger charge is -2.12. The zero-order chi connectivity index (χ0) is 18.6. The fourth-order valence-electron chi connectivity index (χ4n) is 2.30. The Balaban J connectivity index is 2.23. The summed E-state index contributed by atoms with van der Waals surface area (Å²) in [5.74, 6) is 0.0788. The maximum Gasteiger partial charge on any atom is 0.261 e. The molecule has 6 heteroatoms. The molecule has 5 nitrogen and oxygen atoms in total. The van der Waals surface area contributed by atoms with Crippen molar-refractivity contribution in [1.82, 2.24) is 5.32 Å². The van der Waals surface area contributed by atoms with E-state index in [1.165, 1.54) is 12.1 Å². The third kappa shape index (κ3) is 5.06. The van der Waals surface area contributed by atoms with Gasteiger partial charge in [0.25, 0.3) is 15.9 Å². The molecule has 0 atom stereocenters. The van der Waals surface area contributed by atoms with Crippen LogP contribution in [0.5, 0.6) is 0 Å². The molecule has 2 aromatic carbocycles. The molecule has 0 spiro atoms. The zero-order valence-corrected chi connectivity index (χ0v) is 15.7. The molecule has 0 aliphatic heterocycles. The summed E-state index contributed by atoms with van der Waals surface area (Å²) in [6.45, 7) is 7.85. The van der Waals surface area contributed by atoms with E-state index in [9.17, 15) is 13.2 Å². The summed E-state index contributed by atoms with van der Waals surface area (Å²) in [7, 11) is -3.76. The average molecular weight is 360 g/mol. The zero-order valence-electron chi connectivity index (χ0n) is 14.9. The van der Waals surface area contributed by atoms with Gasteiger partial charge in [0.1, 0.15) is 0 Å². The highest BCUT2D eigenvalue weighted by Crippen LogP contribution is 2.20. The Morgan fingerprint density at radius 2 is 1.60 bits per heavy atom. The molecule has 134 valence electrons. The van der Waals surface area contributed by atoms with Crippen LogP contribution in [0.3, 0.4) is 0 Å². The number of sulfonamides is 1. The number of carbonyl (C=O) groups is 1. The standard InChI is InChI=1S/C19H24N2O3S/c1-13(2)15-8-10-17(11-9-15)21-25(23,24)18-7-5-6-16(12-18)19(22)20-14(3)4/h5-14,21H,1-4H3,(H,20,22). The Bertz CT molecular complexity index is 841. The van der Waals surface area contributed by atoms with Gasteiger partial charge in [-0.15, -0.1) is 0 Å². The van der Waals surface area contributed by atoms with Gasteiger partial charge in [-0.2, -0.15) is 0 Å². The minimum absolute atomic E-state index is 0.0228. The molecule has 0 unspecified atom stereocenters. The lowest BCUT2D eigenvalue weighted by molar-refractivity contribution is 0.0943. The molecule has 2 rings (SSSR count). The summed E-state index contributed by atoms with van der Waals surface area (Å²) < 4.78 is 27.7. The van der Waals surface area contributed by atoms with Crippen LogP contribution in [-0.2, 0) is 10.0 Å². The number of carbonyl (C=O) groups excluding carboxylic acids is 1. The van der Waals surface area contributed by atoms with E-state index in [0.29, 0.717) is 17.2 Å². The minimum atomic E-state index is -3.76. The summed E-state index contributed by atoms with van der Waals surface area (Å²) in [6, 6.07) is 13.2. The molecule has 0 aromatic heterocycles. The first-order chi connectivity index (χ1) is 11.7. The van der Waals surface area contributed by atoms with Gasteiger partial charge in [0.2, 0.25) is 0 Å². The summed E-state index contributed by atoms with van der Waals surface area (Å²) in [5, 5.41) is 2.75. The van der Waals surface area contributed by atoms with Gasteiger partial charge < -0.3 is 5.32 Å². The first-order valence-electron chi connectivity index (χ1n) is 8.23. The first-order valence-corrected chi connectivity index (χ1v) is 9.71. The number of rotatable bonds is 6. The molecular formula is C19H24N2O3S. The normalized spacial score (nSPS) is 11.6. The van der Waals surface area contributed by atoms with E-state index in [0.717, 1.165) is 5.56 Å². The summed E-state index contributed by atoms with van der Waals surface area (Å²) in [4.78, 5) is 12.1. The van der Waals surface area contributed by atoms with E-state index in [-0.39, 0.29) is 16.8 Å². The van der Waals surface area contributed by atoms with E-state index < -0.39 is 10.0 Å². The van der Waals surface area contributed by atoms with Crippen LogP contribution < -0.4 is 10.0 Å². The quantitative estimate of drug-likeness (QED) is 0.824. The number of anilines is 1. The Hall–Kier alpha value is -2.34. The third-order valence-electron chi connectivity index (χ3n) is 3.66. The average Bonchev–Trinajstić information content (AvgIpc) is 2.54. The van der Waals surface area contributed by atoms with Gasteiger partial charge in [-0.3, -0.25) is 9.52 Å². The largest absolute Gasteiger partial charge is 0.350 e. The number of hydrogen-bond acceptors (Lipinski definition) is 3. The summed E-state index contributed by atoms with van der Waals surface area (Å²) in [6.07, 6.45) is 0. The molecule has 1 amide bonds. The molecule has 0 aliphatic carbocycles. The maximum atomic E-state index is 12.6. The lowest BCUT2D eigenvalue weighted by Crippen LogP contribution is -2.30. The molecular weight excluding hydrogens is 336 g/mol. The Labute approximate surface area is 149 Å². The van der Waals surface area contributed by atoms with Crippen LogP contribution in [0.2, 0.25) is 0 Å². The summed E-state index contributed by atoms with van der Waals surface area (Å²) in [5.41, 5.74) is 1.93. The first kappa shape index (κ1) is 19.0. The summed E-state index contributed by atoms with van der Waals surface area (Å²) >= 11 is 0. The fourth-order valence-corrected chi connectivity index (χ4v) is 3.40. The van der Waals surface area contributed by atoms with Crippen molar-refractivity contribution in [2.24, 2.45) is 0 Å². The van der Waals surface area contributed by atoms with Crippen LogP contribution >= 0.6 is 0 Å². The van der Waals surface area contributed by atoms with Gasteiger partial charge in [0, 0.05) is 17.3 Å². The highest BCUT2D eigenvalue weighted by Gasteiger charge is 2.17. The van der Waals surface area contributed by atoms with Gasteiger partial charge in [-0.25, -0.2) is 8.42 Å². The molecule has 0 saturated carbocycles. The van der Waals surface area contributed by atoms with Crippen molar-refractivity contribution in [1.29, 1.82) is 0 Å². The van der Waals surface area contributed by atoms with Crippen molar-refractivity contribution < 1.29 is 13.2 Å². The Morgan fingerprint density at radius 3 is 2.16 bits per heavy atom. The predicted molar refractivity (Wildman–Crippen MR) is 100 cm³/mol. The smallest absolute Gasteiger partial charge is 0.261 e. The highest BCUT2D eigenvalue weighted by molar-refractivity contribution is 7.92. The second-order valence-corrected chi connectivity index (χ2v) is 8.22. The van der Waals surface area contributed by atoms with E-state index in [4.69, 9.17) is 0 Å². The Kier molecular flexibility index (Phi) is 5.85. The number of amides is 1. The third-order valence-corrected chi connectivity index (χ3v) is 5.03.